The van der Waals surface area contributed by atoms with Crippen molar-refractivity contribution in [3.8, 4) is 0 Å². The largest absolute Gasteiger partial charge is 0.393 e. The number of hydrogen-bond donors (Lipinski definition) is 1. The molecule has 0 saturated heterocycles. The van der Waals surface area contributed by atoms with Crippen LogP contribution in [0.5, 0.6) is 0 Å². The van der Waals surface area contributed by atoms with Crippen molar-refractivity contribution in [3.05, 3.63) is 33.8 Å². The molecular weight excluding hydrogens is 247 g/mol. The third kappa shape index (κ3) is 4.30. The Morgan fingerprint density at radius 2 is 1.94 bits per heavy atom. The molecule has 1 aromatic rings. The minimum atomic E-state index is -0.424. The molecule has 1 unspecified atom stereocenters. The molecule has 0 spiro atoms. The molecule has 0 bridgehead atoms. The van der Waals surface area contributed by atoms with E-state index in [-0.39, 0.29) is 0 Å². The van der Waals surface area contributed by atoms with Crippen molar-refractivity contribution in [1.29, 1.82) is 0 Å². The van der Waals surface area contributed by atoms with Crippen molar-refractivity contribution in [3.63, 3.8) is 0 Å². The van der Waals surface area contributed by atoms with Crippen LogP contribution in [0.3, 0.4) is 0 Å². The van der Waals surface area contributed by atoms with Gasteiger partial charge < -0.3 is 9.84 Å². The fraction of sp³-hybridized carbons (Fsp3) is 0.500. The highest BCUT2D eigenvalue weighted by Gasteiger charge is 2.11. The maximum absolute atomic E-state index is 9.81. The summed E-state index contributed by atoms with van der Waals surface area (Å²) in [6.07, 6.45) is 1.59. The molecule has 0 aliphatic heterocycles. The van der Waals surface area contributed by atoms with E-state index in [1.807, 2.05) is 0 Å². The number of halogens is 2. The zero-order chi connectivity index (χ0) is 12.0. The van der Waals surface area contributed by atoms with Gasteiger partial charge in [0.25, 0.3) is 0 Å². The Labute approximate surface area is 106 Å². The van der Waals surface area contributed by atoms with Crippen molar-refractivity contribution in [2.75, 3.05) is 13.7 Å². The second kappa shape index (κ2) is 7.13. The van der Waals surface area contributed by atoms with Crippen molar-refractivity contribution in [1.82, 2.24) is 0 Å². The summed E-state index contributed by atoms with van der Waals surface area (Å²) >= 11 is 12.0. The van der Waals surface area contributed by atoms with E-state index in [9.17, 15) is 5.11 Å². The van der Waals surface area contributed by atoms with Gasteiger partial charge in [0.2, 0.25) is 0 Å². The number of hydrogen-bond acceptors (Lipinski definition) is 2. The predicted molar refractivity (Wildman–Crippen MR) is 67.3 cm³/mol. The third-order valence-electron chi connectivity index (χ3n) is 2.39. The highest BCUT2D eigenvalue weighted by atomic mass is 35.5. The lowest BCUT2D eigenvalue weighted by Crippen LogP contribution is -2.12. The number of ether oxygens (including phenoxy) is 1. The lowest BCUT2D eigenvalue weighted by Gasteiger charge is -2.12. The first-order valence-corrected chi connectivity index (χ1v) is 6.00. The molecule has 0 saturated carbocycles. The zero-order valence-electron chi connectivity index (χ0n) is 9.25. The third-order valence-corrected chi connectivity index (χ3v) is 3.10. The Balaban J connectivity index is 2.52. The molecule has 0 radical (unpaired) electrons. The van der Waals surface area contributed by atoms with Gasteiger partial charge in [-0.15, -0.1) is 0 Å². The molecule has 1 rings (SSSR count). The molecule has 0 aromatic heterocycles. The van der Waals surface area contributed by atoms with E-state index in [0.717, 1.165) is 12.0 Å². The van der Waals surface area contributed by atoms with Gasteiger partial charge in [0.1, 0.15) is 0 Å². The highest BCUT2D eigenvalue weighted by Crippen LogP contribution is 2.26. The fourth-order valence-electron chi connectivity index (χ4n) is 1.53. The van der Waals surface area contributed by atoms with Crippen molar-refractivity contribution < 1.29 is 9.84 Å². The van der Waals surface area contributed by atoms with Gasteiger partial charge in [0.05, 0.1) is 6.10 Å². The monoisotopic (exact) mass is 262 g/mol. The normalized spacial score (nSPS) is 12.8. The van der Waals surface area contributed by atoms with Crippen molar-refractivity contribution >= 4 is 23.2 Å². The Morgan fingerprint density at radius 3 is 2.50 bits per heavy atom. The Hall–Kier alpha value is -0.280. The molecule has 1 N–H and O–H groups in total. The molecular formula is C12H16Cl2O2. The number of rotatable bonds is 6. The van der Waals surface area contributed by atoms with Gasteiger partial charge in [-0.05, 0) is 30.5 Å². The first kappa shape index (κ1) is 13.8. The van der Waals surface area contributed by atoms with Gasteiger partial charge in [-0.1, -0.05) is 29.3 Å². The predicted octanol–water partition coefficient (Wildman–Crippen LogP) is 3.32. The quantitative estimate of drug-likeness (QED) is 0.798. The van der Waals surface area contributed by atoms with E-state index < -0.39 is 6.10 Å². The van der Waals surface area contributed by atoms with Crippen LogP contribution >= 0.6 is 23.2 Å². The summed E-state index contributed by atoms with van der Waals surface area (Å²) in [4.78, 5) is 0. The van der Waals surface area contributed by atoms with E-state index in [1.54, 1.807) is 25.3 Å². The topological polar surface area (TPSA) is 29.5 Å². The van der Waals surface area contributed by atoms with Crippen LogP contribution in [0.25, 0.3) is 0 Å². The van der Waals surface area contributed by atoms with Gasteiger partial charge in [-0.2, -0.15) is 0 Å². The summed E-state index contributed by atoms with van der Waals surface area (Å²) in [6, 6.07) is 5.36. The molecule has 0 fully saturated rings. The summed E-state index contributed by atoms with van der Waals surface area (Å²) in [5.74, 6) is 0. The average molecular weight is 263 g/mol. The first-order chi connectivity index (χ1) is 7.65. The zero-order valence-corrected chi connectivity index (χ0v) is 10.8. The SMILES string of the molecule is COCCCC(O)Cc1c(Cl)cccc1Cl. The smallest absolute Gasteiger partial charge is 0.0582 e. The average Bonchev–Trinajstić information content (AvgIpc) is 2.24. The van der Waals surface area contributed by atoms with E-state index in [1.165, 1.54) is 0 Å². The summed E-state index contributed by atoms with van der Waals surface area (Å²) < 4.78 is 4.93. The summed E-state index contributed by atoms with van der Waals surface area (Å²) in [5, 5.41) is 11.0. The van der Waals surface area contributed by atoms with Crippen LogP contribution in [0.15, 0.2) is 18.2 Å². The van der Waals surface area contributed by atoms with Crippen molar-refractivity contribution in [2.45, 2.75) is 25.4 Å². The minimum absolute atomic E-state index is 0.424. The second-order valence-electron chi connectivity index (χ2n) is 3.69. The van der Waals surface area contributed by atoms with Crippen LogP contribution < -0.4 is 0 Å². The van der Waals surface area contributed by atoms with E-state index in [4.69, 9.17) is 27.9 Å². The molecule has 0 amide bonds. The van der Waals surface area contributed by atoms with Gasteiger partial charge in [-0.3, -0.25) is 0 Å². The number of benzene rings is 1. The summed E-state index contributed by atoms with van der Waals surface area (Å²) in [5.41, 5.74) is 0.816. The summed E-state index contributed by atoms with van der Waals surface area (Å²) in [6.45, 7) is 0.660. The second-order valence-corrected chi connectivity index (χ2v) is 4.51. The Bertz CT molecular complexity index is 309. The lowest BCUT2D eigenvalue weighted by molar-refractivity contribution is 0.135. The molecule has 0 aliphatic rings. The fourth-order valence-corrected chi connectivity index (χ4v) is 2.08. The molecule has 0 heterocycles. The first-order valence-electron chi connectivity index (χ1n) is 5.25. The molecule has 1 atom stereocenters. The lowest BCUT2D eigenvalue weighted by atomic mass is 10.0. The Morgan fingerprint density at radius 1 is 1.31 bits per heavy atom. The van der Waals surface area contributed by atoms with Gasteiger partial charge in [-0.25, -0.2) is 0 Å². The van der Waals surface area contributed by atoms with Crippen LogP contribution in [-0.2, 0) is 11.2 Å². The van der Waals surface area contributed by atoms with Crippen LogP contribution in [0.2, 0.25) is 10.0 Å². The minimum Gasteiger partial charge on any atom is -0.393 e. The van der Waals surface area contributed by atoms with Crippen LogP contribution in [0.4, 0.5) is 0 Å². The van der Waals surface area contributed by atoms with E-state index in [2.05, 4.69) is 0 Å². The van der Waals surface area contributed by atoms with Gasteiger partial charge in [0, 0.05) is 30.2 Å². The van der Waals surface area contributed by atoms with Crippen LogP contribution in [-0.4, -0.2) is 24.9 Å². The van der Waals surface area contributed by atoms with Crippen LogP contribution in [0.1, 0.15) is 18.4 Å². The molecule has 2 nitrogen and oxygen atoms in total. The Kier molecular flexibility index (Phi) is 6.14. The van der Waals surface area contributed by atoms with Crippen molar-refractivity contribution in [2.24, 2.45) is 0 Å². The molecule has 4 heteroatoms. The maximum atomic E-state index is 9.81. The van der Waals surface area contributed by atoms with Crippen LogP contribution in [0, 0.1) is 0 Å². The molecule has 0 aliphatic carbocycles. The molecule has 16 heavy (non-hydrogen) atoms. The number of methoxy groups -OCH3 is 1. The standard InChI is InChI=1S/C12H16Cl2O2/c1-16-7-3-4-9(15)8-10-11(13)5-2-6-12(10)14/h2,5-6,9,15H,3-4,7-8H2,1H3. The summed E-state index contributed by atoms with van der Waals surface area (Å²) in [7, 11) is 1.65. The number of aliphatic hydroxyl groups is 1. The van der Waals surface area contributed by atoms with E-state index in [0.29, 0.717) is 29.5 Å². The highest BCUT2D eigenvalue weighted by molar-refractivity contribution is 6.35. The number of aliphatic hydroxyl groups excluding tert-OH is 1. The maximum Gasteiger partial charge on any atom is 0.0582 e. The molecule has 1 aromatic carbocycles. The van der Waals surface area contributed by atoms with E-state index >= 15 is 0 Å². The van der Waals surface area contributed by atoms with Gasteiger partial charge in [0.15, 0.2) is 0 Å². The molecule has 90 valence electrons. The van der Waals surface area contributed by atoms with Gasteiger partial charge >= 0.3 is 0 Å².